The van der Waals surface area contributed by atoms with Crippen LogP contribution < -0.4 is 5.32 Å². The maximum atomic E-state index is 10.9. The molecule has 1 N–H and O–H groups in total. The average molecular weight is 276 g/mol. The van der Waals surface area contributed by atoms with E-state index in [9.17, 15) is 10.1 Å². The average Bonchev–Trinajstić information content (AvgIpc) is 2.46. The monoisotopic (exact) mass is 276 g/mol. The normalized spacial score (nSPS) is 17.9. The van der Waals surface area contributed by atoms with E-state index in [0.717, 1.165) is 17.0 Å². The second-order valence-electron chi connectivity index (χ2n) is 5.95. The summed E-state index contributed by atoms with van der Waals surface area (Å²) in [5.41, 5.74) is 1.93. The van der Waals surface area contributed by atoms with Crippen LogP contribution in [0.3, 0.4) is 0 Å². The lowest BCUT2D eigenvalue weighted by molar-refractivity contribution is -0.385. The Labute approximate surface area is 120 Å². The summed E-state index contributed by atoms with van der Waals surface area (Å²) in [6.07, 6.45) is 6.66. The summed E-state index contributed by atoms with van der Waals surface area (Å²) in [5, 5.41) is 14.5. The van der Waals surface area contributed by atoms with Crippen molar-refractivity contribution in [3.05, 3.63) is 39.4 Å². The number of nitro groups is 1. The molecule has 110 valence electrons. The number of hydrogen-bond donors (Lipinski definition) is 1. The molecule has 0 unspecified atom stereocenters. The zero-order chi connectivity index (χ0) is 14.5. The zero-order valence-corrected chi connectivity index (χ0v) is 12.4. The van der Waals surface area contributed by atoms with Gasteiger partial charge in [-0.1, -0.05) is 31.4 Å². The minimum atomic E-state index is -0.302. The molecular formula is C16H24N2O2. The molecule has 1 aliphatic carbocycles. The molecule has 0 aromatic heterocycles. The second-order valence-corrected chi connectivity index (χ2v) is 5.95. The molecule has 1 atom stereocenters. The van der Waals surface area contributed by atoms with Gasteiger partial charge in [0.2, 0.25) is 0 Å². The van der Waals surface area contributed by atoms with E-state index >= 15 is 0 Å². The number of benzene rings is 1. The van der Waals surface area contributed by atoms with E-state index in [1.165, 1.54) is 32.1 Å². The predicted octanol–water partition coefficient (Wildman–Crippen LogP) is 3.96. The van der Waals surface area contributed by atoms with Gasteiger partial charge in [-0.25, -0.2) is 0 Å². The fraction of sp³-hybridized carbons (Fsp3) is 0.625. The lowest BCUT2D eigenvalue weighted by Crippen LogP contribution is -2.34. The minimum Gasteiger partial charge on any atom is -0.310 e. The van der Waals surface area contributed by atoms with Gasteiger partial charge < -0.3 is 5.32 Å². The van der Waals surface area contributed by atoms with Crippen LogP contribution in [0, 0.1) is 23.0 Å². The van der Waals surface area contributed by atoms with Crippen molar-refractivity contribution in [2.75, 3.05) is 0 Å². The Bertz CT molecular complexity index is 468. The highest BCUT2D eigenvalue weighted by Gasteiger charge is 2.19. The third-order valence-corrected chi connectivity index (χ3v) is 4.46. The van der Waals surface area contributed by atoms with E-state index in [1.54, 1.807) is 13.0 Å². The van der Waals surface area contributed by atoms with E-state index in [-0.39, 0.29) is 10.6 Å². The molecule has 1 fully saturated rings. The van der Waals surface area contributed by atoms with Crippen LogP contribution in [0.5, 0.6) is 0 Å². The predicted molar refractivity (Wildman–Crippen MR) is 80.7 cm³/mol. The molecule has 4 heteroatoms. The number of hydrogen-bond acceptors (Lipinski definition) is 3. The smallest absolute Gasteiger partial charge is 0.272 e. The Morgan fingerprint density at radius 1 is 1.35 bits per heavy atom. The third-order valence-electron chi connectivity index (χ3n) is 4.46. The fourth-order valence-corrected chi connectivity index (χ4v) is 3.04. The van der Waals surface area contributed by atoms with Crippen LogP contribution in [-0.2, 0) is 6.54 Å². The van der Waals surface area contributed by atoms with Gasteiger partial charge in [-0.3, -0.25) is 10.1 Å². The Kier molecular flexibility index (Phi) is 5.12. The molecule has 1 aromatic rings. The van der Waals surface area contributed by atoms with Gasteiger partial charge in [-0.2, -0.15) is 0 Å². The van der Waals surface area contributed by atoms with Crippen molar-refractivity contribution >= 4 is 5.69 Å². The first-order valence-electron chi connectivity index (χ1n) is 7.55. The summed E-state index contributed by atoms with van der Waals surface area (Å²) >= 11 is 0. The highest BCUT2D eigenvalue weighted by Crippen LogP contribution is 2.26. The van der Waals surface area contributed by atoms with Gasteiger partial charge in [0.05, 0.1) is 4.92 Å². The van der Waals surface area contributed by atoms with Crippen molar-refractivity contribution in [3.8, 4) is 0 Å². The highest BCUT2D eigenvalue weighted by molar-refractivity contribution is 5.42. The number of rotatable bonds is 5. The molecule has 0 bridgehead atoms. The zero-order valence-electron chi connectivity index (χ0n) is 12.4. The summed E-state index contributed by atoms with van der Waals surface area (Å²) in [6, 6.07) is 5.98. The molecule has 0 amide bonds. The maximum absolute atomic E-state index is 10.9. The van der Waals surface area contributed by atoms with Crippen LogP contribution in [0.25, 0.3) is 0 Å². The van der Waals surface area contributed by atoms with Gasteiger partial charge in [0.1, 0.15) is 0 Å². The summed E-state index contributed by atoms with van der Waals surface area (Å²) in [4.78, 5) is 10.6. The number of nitrogens with one attached hydrogen (secondary N) is 1. The number of aryl methyl sites for hydroxylation is 1. The quantitative estimate of drug-likeness (QED) is 0.654. The van der Waals surface area contributed by atoms with Crippen LogP contribution in [0.1, 0.15) is 50.2 Å². The first-order valence-corrected chi connectivity index (χ1v) is 7.55. The van der Waals surface area contributed by atoms with Crippen LogP contribution in [0.15, 0.2) is 18.2 Å². The summed E-state index contributed by atoms with van der Waals surface area (Å²) < 4.78 is 0. The molecule has 0 radical (unpaired) electrons. The molecule has 1 saturated carbocycles. The van der Waals surface area contributed by atoms with Crippen molar-refractivity contribution in [1.29, 1.82) is 0 Å². The summed E-state index contributed by atoms with van der Waals surface area (Å²) in [5.74, 6) is 0.754. The van der Waals surface area contributed by atoms with Crippen molar-refractivity contribution in [3.63, 3.8) is 0 Å². The Balaban J connectivity index is 1.93. The van der Waals surface area contributed by atoms with E-state index < -0.39 is 0 Å². The molecule has 0 heterocycles. The van der Waals surface area contributed by atoms with Gasteiger partial charge in [0, 0.05) is 24.2 Å². The van der Waals surface area contributed by atoms with Crippen molar-refractivity contribution < 1.29 is 4.92 Å². The SMILES string of the molecule is Cc1ccc(CN[C@@H](C)C2CCCCC2)cc1[N+](=O)[O-]. The molecule has 4 nitrogen and oxygen atoms in total. The molecule has 1 aromatic carbocycles. The molecule has 0 saturated heterocycles. The summed E-state index contributed by atoms with van der Waals surface area (Å²) in [6.45, 7) is 4.72. The second kappa shape index (κ2) is 6.84. The van der Waals surface area contributed by atoms with Crippen molar-refractivity contribution in [1.82, 2.24) is 5.32 Å². The minimum absolute atomic E-state index is 0.217. The van der Waals surface area contributed by atoms with E-state index in [0.29, 0.717) is 12.6 Å². The van der Waals surface area contributed by atoms with Gasteiger partial charge in [0.15, 0.2) is 0 Å². The standard InChI is InChI=1S/C16H24N2O2/c1-12-8-9-14(10-16(12)18(19)20)11-17-13(2)15-6-4-3-5-7-15/h8-10,13,15,17H,3-7,11H2,1-2H3/t13-/m0/s1. The topological polar surface area (TPSA) is 55.2 Å². The number of nitro benzene ring substituents is 1. The van der Waals surface area contributed by atoms with Crippen LogP contribution in [0.2, 0.25) is 0 Å². The van der Waals surface area contributed by atoms with Crippen molar-refractivity contribution in [2.45, 2.75) is 58.5 Å². The molecule has 1 aliphatic rings. The molecule has 0 aliphatic heterocycles. The van der Waals surface area contributed by atoms with Gasteiger partial charge in [-0.15, -0.1) is 0 Å². The Hall–Kier alpha value is -1.42. The van der Waals surface area contributed by atoms with Crippen LogP contribution in [0.4, 0.5) is 5.69 Å². The molecule has 0 spiro atoms. The molecular weight excluding hydrogens is 252 g/mol. The van der Waals surface area contributed by atoms with Gasteiger partial charge in [-0.05, 0) is 38.2 Å². The molecule has 2 rings (SSSR count). The third kappa shape index (κ3) is 3.79. The number of nitrogens with zero attached hydrogens (tertiary/aromatic N) is 1. The summed E-state index contributed by atoms with van der Waals surface area (Å²) in [7, 11) is 0. The first-order chi connectivity index (χ1) is 9.58. The van der Waals surface area contributed by atoms with Gasteiger partial charge >= 0.3 is 0 Å². The van der Waals surface area contributed by atoms with Crippen molar-refractivity contribution in [2.24, 2.45) is 5.92 Å². The van der Waals surface area contributed by atoms with Gasteiger partial charge in [0.25, 0.3) is 5.69 Å². The van der Waals surface area contributed by atoms with E-state index in [4.69, 9.17) is 0 Å². The first kappa shape index (κ1) is 15.0. The highest BCUT2D eigenvalue weighted by atomic mass is 16.6. The fourth-order valence-electron chi connectivity index (χ4n) is 3.04. The largest absolute Gasteiger partial charge is 0.310 e. The lowest BCUT2D eigenvalue weighted by Gasteiger charge is -2.28. The molecule has 20 heavy (non-hydrogen) atoms. The lowest BCUT2D eigenvalue weighted by atomic mass is 9.84. The van der Waals surface area contributed by atoms with Crippen LogP contribution in [-0.4, -0.2) is 11.0 Å². The Morgan fingerprint density at radius 3 is 2.70 bits per heavy atom. The van der Waals surface area contributed by atoms with Crippen LogP contribution >= 0.6 is 0 Å². The van der Waals surface area contributed by atoms with E-state index in [2.05, 4.69) is 12.2 Å². The maximum Gasteiger partial charge on any atom is 0.272 e. The van der Waals surface area contributed by atoms with E-state index in [1.807, 2.05) is 12.1 Å². The Morgan fingerprint density at radius 2 is 2.05 bits per heavy atom.